The van der Waals surface area contributed by atoms with Crippen molar-refractivity contribution in [3.05, 3.63) is 46.7 Å². The van der Waals surface area contributed by atoms with Gasteiger partial charge >= 0.3 is 0 Å². The molecule has 5 heteroatoms. The third-order valence-electron chi connectivity index (χ3n) is 4.43. The lowest BCUT2D eigenvalue weighted by Gasteiger charge is -2.16. The number of likely N-dealkylation sites (tertiary alicyclic amines) is 1. The zero-order valence-corrected chi connectivity index (χ0v) is 14.8. The van der Waals surface area contributed by atoms with Crippen LogP contribution in [0.25, 0.3) is 0 Å². The highest BCUT2D eigenvalue weighted by atomic mass is 32.1. The van der Waals surface area contributed by atoms with E-state index in [0.717, 1.165) is 43.0 Å². The van der Waals surface area contributed by atoms with Gasteiger partial charge in [0.15, 0.2) is 11.5 Å². The molecule has 1 atom stereocenters. The Morgan fingerprint density at radius 1 is 1.29 bits per heavy atom. The highest BCUT2D eigenvalue weighted by molar-refractivity contribution is 7.08. The summed E-state index contributed by atoms with van der Waals surface area (Å²) < 4.78 is 11.1. The fourth-order valence-corrected chi connectivity index (χ4v) is 3.72. The molecule has 1 saturated heterocycles. The minimum absolute atomic E-state index is 0.238. The van der Waals surface area contributed by atoms with Gasteiger partial charge in [-0.05, 0) is 53.3 Å². The molecule has 1 unspecified atom stereocenters. The van der Waals surface area contributed by atoms with Crippen molar-refractivity contribution in [2.24, 2.45) is 5.92 Å². The van der Waals surface area contributed by atoms with Gasteiger partial charge < -0.3 is 14.4 Å². The number of methoxy groups -OCH3 is 1. The van der Waals surface area contributed by atoms with Crippen molar-refractivity contribution in [2.75, 3.05) is 26.8 Å². The smallest absolute Gasteiger partial charge is 0.227 e. The van der Waals surface area contributed by atoms with Crippen molar-refractivity contribution >= 4 is 17.2 Å². The molecule has 0 saturated carbocycles. The van der Waals surface area contributed by atoms with Crippen LogP contribution in [-0.2, 0) is 11.2 Å². The van der Waals surface area contributed by atoms with Crippen molar-refractivity contribution in [1.29, 1.82) is 0 Å². The molecule has 1 aliphatic heterocycles. The maximum atomic E-state index is 12.3. The average Bonchev–Trinajstić information content (AvgIpc) is 3.27. The van der Waals surface area contributed by atoms with Crippen LogP contribution in [0, 0.1) is 5.92 Å². The normalized spacial score (nSPS) is 17.0. The van der Waals surface area contributed by atoms with Crippen LogP contribution in [0.3, 0.4) is 0 Å². The summed E-state index contributed by atoms with van der Waals surface area (Å²) in [6.45, 7) is 2.36. The number of carbonyl (C=O) groups is 1. The summed E-state index contributed by atoms with van der Waals surface area (Å²) in [5.74, 6) is 2.30. The molecule has 3 rings (SSSR count). The Bertz CT molecular complexity index is 656. The molecule has 0 spiro atoms. The van der Waals surface area contributed by atoms with Crippen LogP contribution in [0.15, 0.2) is 41.1 Å². The topological polar surface area (TPSA) is 38.8 Å². The van der Waals surface area contributed by atoms with E-state index in [2.05, 4.69) is 0 Å². The van der Waals surface area contributed by atoms with Crippen LogP contribution in [-0.4, -0.2) is 37.6 Å². The Balaban J connectivity index is 1.42. The molecule has 0 bridgehead atoms. The van der Waals surface area contributed by atoms with Crippen molar-refractivity contribution in [3.8, 4) is 11.5 Å². The Labute approximate surface area is 147 Å². The second kappa shape index (κ2) is 8.20. The zero-order valence-electron chi connectivity index (χ0n) is 13.9. The minimum Gasteiger partial charge on any atom is -0.493 e. The summed E-state index contributed by atoms with van der Waals surface area (Å²) in [4.78, 5) is 14.3. The SMILES string of the molecule is COc1ccccc1OCCC1CCN(C(=O)Cc2ccsc2)C1. The Morgan fingerprint density at radius 2 is 2.12 bits per heavy atom. The van der Waals surface area contributed by atoms with Gasteiger partial charge in [-0.15, -0.1) is 0 Å². The number of para-hydroxylation sites is 2. The zero-order chi connectivity index (χ0) is 16.8. The van der Waals surface area contributed by atoms with E-state index in [1.807, 2.05) is 46.0 Å². The van der Waals surface area contributed by atoms with Crippen LogP contribution in [0.4, 0.5) is 0 Å². The van der Waals surface area contributed by atoms with Gasteiger partial charge in [-0.1, -0.05) is 12.1 Å². The van der Waals surface area contributed by atoms with E-state index in [4.69, 9.17) is 9.47 Å². The first-order valence-electron chi connectivity index (χ1n) is 8.31. The Kier molecular flexibility index (Phi) is 5.75. The van der Waals surface area contributed by atoms with Crippen LogP contribution in [0.5, 0.6) is 11.5 Å². The van der Waals surface area contributed by atoms with Gasteiger partial charge in [-0.2, -0.15) is 11.3 Å². The number of nitrogens with zero attached hydrogens (tertiary/aromatic N) is 1. The summed E-state index contributed by atoms with van der Waals surface area (Å²) >= 11 is 1.64. The molecular weight excluding hydrogens is 322 g/mol. The lowest BCUT2D eigenvalue weighted by Crippen LogP contribution is -2.30. The average molecular weight is 345 g/mol. The van der Waals surface area contributed by atoms with Crippen molar-refractivity contribution in [2.45, 2.75) is 19.3 Å². The van der Waals surface area contributed by atoms with E-state index >= 15 is 0 Å². The van der Waals surface area contributed by atoms with Gasteiger partial charge in [0.25, 0.3) is 0 Å². The number of thiophene rings is 1. The highest BCUT2D eigenvalue weighted by Gasteiger charge is 2.26. The fraction of sp³-hybridized carbons (Fsp3) is 0.421. The van der Waals surface area contributed by atoms with Crippen LogP contribution < -0.4 is 9.47 Å². The number of amides is 1. The van der Waals surface area contributed by atoms with E-state index in [1.54, 1.807) is 18.4 Å². The van der Waals surface area contributed by atoms with Gasteiger partial charge in [0.2, 0.25) is 5.91 Å². The molecule has 1 amide bonds. The number of hydrogen-bond donors (Lipinski definition) is 0. The quantitative estimate of drug-likeness (QED) is 0.769. The number of benzene rings is 1. The van der Waals surface area contributed by atoms with E-state index in [1.165, 1.54) is 0 Å². The van der Waals surface area contributed by atoms with E-state index in [0.29, 0.717) is 18.9 Å². The first-order chi connectivity index (χ1) is 11.8. The molecule has 0 N–H and O–H groups in total. The van der Waals surface area contributed by atoms with Gasteiger partial charge in [0, 0.05) is 13.1 Å². The minimum atomic E-state index is 0.238. The van der Waals surface area contributed by atoms with E-state index in [-0.39, 0.29) is 5.91 Å². The lowest BCUT2D eigenvalue weighted by molar-refractivity contribution is -0.129. The molecule has 1 fully saturated rings. The summed E-state index contributed by atoms with van der Waals surface area (Å²) in [6.07, 6.45) is 2.54. The van der Waals surface area contributed by atoms with E-state index in [9.17, 15) is 4.79 Å². The molecule has 2 aromatic rings. The van der Waals surface area contributed by atoms with Crippen LogP contribution in [0.2, 0.25) is 0 Å². The number of hydrogen-bond acceptors (Lipinski definition) is 4. The van der Waals surface area contributed by atoms with Gasteiger partial charge in [0.05, 0.1) is 20.1 Å². The van der Waals surface area contributed by atoms with Crippen molar-refractivity contribution < 1.29 is 14.3 Å². The monoisotopic (exact) mass is 345 g/mol. The van der Waals surface area contributed by atoms with Crippen molar-refractivity contribution in [3.63, 3.8) is 0 Å². The second-order valence-corrected chi connectivity index (χ2v) is 6.87. The molecule has 2 heterocycles. The summed E-state index contributed by atoms with van der Waals surface area (Å²) in [5, 5.41) is 4.07. The number of carbonyl (C=O) groups excluding carboxylic acids is 1. The molecule has 0 radical (unpaired) electrons. The molecule has 128 valence electrons. The fourth-order valence-electron chi connectivity index (χ4n) is 3.05. The van der Waals surface area contributed by atoms with Crippen molar-refractivity contribution in [1.82, 2.24) is 4.90 Å². The predicted molar refractivity (Wildman–Crippen MR) is 95.8 cm³/mol. The third kappa shape index (κ3) is 4.29. The predicted octanol–water partition coefficient (Wildman–Crippen LogP) is 3.62. The standard InChI is InChI=1S/C19H23NO3S/c1-22-17-4-2-3-5-18(17)23-10-7-15-6-9-20(13-15)19(21)12-16-8-11-24-14-16/h2-5,8,11,14-15H,6-7,9-10,12-13H2,1H3. The Hall–Kier alpha value is -2.01. The molecule has 0 aliphatic carbocycles. The van der Waals surface area contributed by atoms with Gasteiger partial charge in [-0.3, -0.25) is 4.79 Å². The molecule has 1 aliphatic rings. The van der Waals surface area contributed by atoms with E-state index < -0.39 is 0 Å². The number of rotatable bonds is 7. The van der Waals surface area contributed by atoms with Crippen LogP contribution in [0.1, 0.15) is 18.4 Å². The lowest BCUT2D eigenvalue weighted by atomic mass is 10.1. The van der Waals surface area contributed by atoms with Gasteiger partial charge in [-0.25, -0.2) is 0 Å². The first-order valence-corrected chi connectivity index (χ1v) is 9.25. The maximum absolute atomic E-state index is 12.3. The second-order valence-electron chi connectivity index (χ2n) is 6.09. The molecular formula is C19H23NO3S. The maximum Gasteiger partial charge on any atom is 0.227 e. The summed E-state index contributed by atoms with van der Waals surface area (Å²) in [7, 11) is 1.65. The number of ether oxygens (including phenoxy) is 2. The Morgan fingerprint density at radius 3 is 2.88 bits per heavy atom. The largest absolute Gasteiger partial charge is 0.493 e. The summed E-state index contributed by atoms with van der Waals surface area (Å²) in [6, 6.07) is 9.72. The van der Waals surface area contributed by atoms with Crippen LogP contribution >= 0.6 is 11.3 Å². The van der Waals surface area contributed by atoms with Gasteiger partial charge in [0.1, 0.15) is 0 Å². The highest BCUT2D eigenvalue weighted by Crippen LogP contribution is 2.27. The summed E-state index contributed by atoms with van der Waals surface area (Å²) in [5.41, 5.74) is 1.12. The first kappa shape index (κ1) is 16.8. The molecule has 24 heavy (non-hydrogen) atoms. The molecule has 4 nitrogen and oxygen atoms in total. The third-order valence-corrected chi connectivity index (χ3v) is 5.16. The molecule has 1 aromatic carbocycles. The molecule has 1 aromatic heterocycles.